The molecule has 7 heteroatoms. The SMILES string of the molecule is O=c1cccc2n1C[C@@H]1C[C@H]2CN(Cc2c(O)ccc3c(-c4ccc(F)cc4)noc23)C1. The second-order valence-electron chi connectivity index (χ2n) is 8.87. The van der Waals surface area contributed by atoms with E-state index in [0.717, 1.165) is 42.7 Å². The maximum absolute atomic E-state index is 13.3. The third kappa shape index (κ3) is 3.12. The molecule has 2 bridgehead atoms. The molecule has 4 aromatic rings. The standard InChI is InChI=1S/C25H22FN3O3/c26-18-6-4-16(5-7-18)24-19-8-9-22(30)20(25(19)32-27-24)14-28-11-15-10-17(13-28)21-2-1-3-23(31)29(21)12-15/h1-9,15,17,30H,10-14H2/t15-,17+/m1/s1. The van der Waals surface area contributed by atoms with Crippen molar-refractivity contribution in [2.45, 2.75) is 25.4 Å². The lowest BCUT2D eigenvalue weighted by atomic mass is 9.83. The lowest BCUT2D eigenvalue weighted by Crippen LogP contribution is -2.46. The van der Waals surface area contributed by atoms with Gasteiger partial charge in [-0.25, -0.2) is 4.39 Å². The van der Waals surface area contributed by atoms with Gasteiger partial charge < -0.3 is 14.2 Å². The van der Waals surface area contributed by atoms with E-state index in [0.29, 0.717) is 35.2 Å². The van der Waals surface area contributed by atoms with Crippen molar-refractivity contribution in [2.75, 3.05) is 13.1 Å². The molecule has 0 amide bonds. The van der Waals surface area contributed by atoms with Crippen LogP contribution in [0.4, 0.5) is 4.39 Å². The van der Waals surface area contributed by atoms with Crippen LogP contribution in [-0.4, -0.2) is 32.8 Å². The first-order valence-electron chi connectivity index (χ1n) is 10.8. The number of hydrogen-bond donors (Lipinski definition) is 1. The molecular formula is C25H22FN3O3. The Morgan fingerprint density at radius 1 is 1.06 bits per heavy atom. The zero-order valence-corrected chi connectivity index (χ0v) is 17.4. The molecule has 0 unspecified atom stereocenters. The summed E-state index contributed by atoms with van der Waals surface area (Å²) in [6.07, 6.45) is 1.08. The molecule has 2 aliphatic heterocycles. The number of phenolic OH excluding ortho intramolecular Hbond substituents is 1. The number of aromatic nitrogens is 2. The number of rotatable bonds is 3. The first-order chi connectivity index (χ1) is 15.6. The van der Waals surface area contributed by atoms with Gasteiger partial charge in [-0.3, -0.25) is 9.69 Å². The molecular weight excluding hydrogens is 409 g/mol. The Balaban J connectivity index is 1.33. The molecule has 2 aromatic heterocycles. The van der Waals surface area contributed by atoms with Gasteiger partial charge in [-0.05, 0) is 54.8 Å². The number of likely N-dealkylation sites (tertiary alicyclic amines) is 1. The van der Waals surface area contributed by atoms with Gasteiger partial charge in [0, 0.05) is 49.4 Å². The van der Waals surface area contributed by atoms with Crippen LogP contribution in [0.15, 0.2) is 63.9 Å². The van der Waals surface area contributed by atoms with Crippen LogP contribution in [0.2, 0.25) is 0 Å². The number of phenols is 1. The lowest BCUT2D eigenvalue weighted by molar-refractivity contribution is 0.113. The minimum Gasteiger partial charge on any atom is -0.507 e. The molecule has 6 nitrogen and oxygen atoms in total. The number of fused-ring (bicyclic) bond motifs is 5. The zero-order chi connectivity index (χ0) is 21.8. The summed E-state index contributed by atoms with van der Waals surface area (Å²) in [5, 5.41) is 15.7. The Morgan fingerprint density at radius 2 is 1.91 bits per heavy atom. The number of halogens is 1. The highest BCUT2D eigenvalue weighted by molar-refractivity contribution is 5.94. The Hall–Kier alpha value is -3.45. The smallest absolute Gasteiger partial charge is 0.250 e. The number of benzene rings is 2. The lowest BCUT2D eigenvalue weighted by Gasteiger charge is -2.42. The van der Waals surface area contributed by atoms with Gasteiger partial charge in [0.1, 0.15) is 17.3 Å². The quantitative estimate of drug-likeness (QED) is 0.528. The molecule has 2 aliphatic rings. The van der Waals surface area contributed by atoms with Gasteiger partial charge in [-0.2, -0.15) is 0 Å². The zero-order valence-electron chi connectivity index (χ0n) is 17.4. The minimum atomic E-state index is -0.306. The van der Waals surface area contributed by atoms with Crippen molar-refractivity contribution in [2.24, 2.45) is 5.92 Å². The summed E-state index contributed by atoms with van der Waals surface area (Å²) in [5.74, 6) is 0.556. The summed E-state index contributed by atoms with van der Waals surface area (Å²) in [4.78, 5) is 14.6. The van der Waals surface area contributed by atoms with Crippen molar-refractivity contribution in [1.82, 2.24) is 14.6 Å². The van der Waals surface area contributed by atoms with Crippen molar-refractivity contribution in [1.29, 1.82) is 0 Å². The van der Waals surface area contributed by atoms with E-state index in [2.05, 4.69) is 16.1 Å². The second kappa shape index (κ2) is 7.31. The Morgan fingerprint density at radius 3 is 2.75 bits per heavy atom. The van der Waals surface area contributed by atoms with E-state index in [1.54, 1.807) is 30.3 Å². The van der Waals surface area contributed by atoms with E-state index in [9.17, 15) is 14.3 Å². The van der Waals surface area contributed by atoms with Crippen LogP contribution < -0.4 is 5.56 Å². The normalized spacial score (nSPS) is 20.4. The van der Waals surface area contributed by atoms with Crippen LogP contribution in [0.3, 0.4) is 0 Å². The van der Waals surface area contributed by atoms with E-state index in [1.165, 1.54) is 12.1 Å². The van der Waals surface area contributed by atoms with Crippen molar-refractivity contribution in [3.05, 3.63) is 82.0 Å². The van der Waals surface area contributed by atoms with E-state index >= 15 is 0 Å². The van der Waals surface area contributed by atoms with Crippen molar-refractivity contribution in [3.8, 4) is 17.0 Å². The fourth-order valence-corrected chi connectivity index (χ4v) is 5.37. The molecule has 4 heterocycles. The van der Waals surface area contributed by atoms with Crippen LogP contribution in [0.5, 0.6) is 5.75 Å². The molecule has 0 aliphatic carbocycles. The predicted molar refractivity (Wildman–Crippen MR) is 118 cm³/mol. The van der Waals surface area contributed by atoms with E-state index in [1.807, 2.05) is 10.6 Å². The highest BCUT2D eigenvalue weighted by Gasteiger charge is 2.35. The molecule has 2 aromatic carbocycles. The van der Waals surface area contributed by atoms with Crippen LogP contribution in [0, 0.1) is 11.7 Å². The van der Waals surface area contributed by atoms with Gasteiger partial charge in [0.25, 0.3) is 5.56 Å². The van der Waals surface area contributed by atoms with Crippen molar-refractivity contribution in [3.63, 3.8) is 0 Å². The molecule has 2 atom stereocenters. The molecule has 6 rings (SSSR count). The third-order valence-corrected chi connectivity index (χ3v) is 6.77. The van der Waals surface area contributed by atoms with Gasteiger partial charge >= 0.3 is 0 Å². The number of hydrogen-bond acceptors (Lipinski definition) is 5. The number of aromatic hydroxyl groups is 1. The molecule has 1 N–H and O–H groups in total. The minimum absolute atomic E-state index is 0.0723. The molecule has 0 spiro atoms. The molecule has 162 valence electrons. The van der Waals surface area contributed by atoms with E-state index < -0.39 is 0 Å². The fraction of sp³-hybridized carbons (Fsp3) is 0.280. The molecule has 32 heavy (non-hydrogen) atoms. The summed E-state index contributed by atoms with van der Waals surface area (Å²) in [6.45, 7) is 2.93. The largest absolute Gasteiger partial charge is 0.507 e. The Labute approximate surface area is 183 Å². The first-order valence-corrected chi connectivity index (χ1v) is 10.8. The van der Waals surface area contributed by atoms with Crippen LogP contribution in [0.1, 0.15) is 23.6 Å². The fourth-order valence-electron chi connectivity index (χ4n) is 5.37. The van der Waals surface area contributed by atoms with E-state index in [-0.39, 0.29) is 17.1 Å². The predicted octanol–water partition coefficient (Wildman–Crippen LogP) is 4.12. The van der Waals surface area contributed by atoms with Crippen LogP contribution in [0.25, 0.3) is 22.2 Å². The monoisotopic (exact) mass is 431 g/mol. The summed E-state index contributed by atoms with van der Waals surface area (Å²) >= 11 is 0. The maximum Gasteiger partial charge on any atom is 0.250 e. The summed E-state index contributed by atoms with van der Waals surface area (Å²) < 4.78 is 20.9. The summed E-state index contributed by atoms with van der Waals surface area (Å²) in [5.41, 5.74) is 3.81. The summed E-state index contributed by atoms with van der Waals surface area (Å²) in [6, 6.07) is 15.1. The first kappa shape index (κ1) is 19.3. The van der Waals surface area contributed by atoms with Gasteiger partial charge in [-0.15, -0.1) is 0 Å². The Kier molecular flexibility index (Phi) is 4.40. The second-order valence-corrected chi connectivity index (χ2v) is 8.87. The van der Waals surface area contributed by atoms with Gasteiger partial charge in [0.05, 0.1) is 10.9 Å². The topological polar surface area (TPSA) is 71.5 Å². The number of pyridine rings is 1. The average Bonchev–Trinajstić information content (AvgIpc) is 3.21. The highest BCUT2D eigenvalue weighted by Crippen LogP contribution is 2.38. The third-order valence-electron chi connectivity index (χ3n) is 6.77. The average molecular weight is 431 g/mol. The molecule has 0 saturated carbocycles. The molecule has 1 fully saturated rings. The van der Waals surface area contributed by atoms with Gasteiger partial charge in [0.2, 0.25) is 0 Å². The number of nitrogens with zero attached hydrogens (tertiary/aromatic N) is 3. The van der Waals surface area contributed by atoms with Crippen molar-refractivity contribution < 1.29 is 14.0 Å². The van der Waals surface area contributed by atoms with Crippen LogP contribution in [-0.2, 0) is 13.1 Å². The maximum atomic E-state index is 13.3. The van der Waals surface area contributed by atoms with Gasteiger partial charge in [-0.1, -0.05) is 11.2 Å². The van der Waals surface area contributed by atoms with Gasteiger partial charge in [0.15, 0.2) is 5.58 Å². The number of piperidine rings is 1. The highest BCUT2D eigenvalue weighted by atomic mass is 19.1. The Bertz CT molecular complexity index is 1380. The van der Waals surface area contributed by atoms with E-state index in [4.69, 9.17) is 4.52 Å². The molecule has 1 saturated heterocycles. The van der Waals surface area contributed by atoms with Crippen molar-refractivity contribution >= 4 is 11.0 Å². The van der Waals surface area contributed by atoms with Crippen LogP contribution >= 0.6 is 0 Å². The molecule has 0 radical (unpaired) electrons. The summed E-state index contributed by atoms with van der Waals surface area (Å²) in [7, 11) is 0.